The molecule has 0 N–H and O–H groups in total. The van der Waals surface area contributed by atoms with Crippen molar-refractivity contribution in [2.24, 2.45) is 0 Å². The van der Waals surface area contributed by atoms with Crippen LogP contribution in [0.4, 0.5) is 34.1 Å². The second-order valence-corrected chi connectivity index (χ2v) is 31.8. The second-order valence-electron chi connectivity index (χ2n) is 31.8. The number of hydrogen-bond donors (Lipinski definition) is 0. The molecule has 0 radical (unpaired) electrons. The normalized spacial score (nSPS) is 12.7. The van der Waals surface area contributed by atoms with Crippen molar-refractivity contribution in [1.82, 2.24) is 26.7 Å². The largest absolute Gasteiger partial charge is 0.310 e. The number of para-hydroxylation sites is 10. The van der Waals surface area contributed by atoms with E-state index in [1.807, 2.05) is 0 Å². The molecule has 8 nitrogen and oxygen atoms in total. The number of aromatic nitrogens is 6. The summed E-state index contributed by atoms with van der Waals surface area (Å²) in [4.78, 5) is 4.94. The van der Waals surface area contributed by atoms with Crippen molar-refractivity contribution in [3.63, 3.8) is 0 Å². The summed E-state index contributed by atoms with van der Waals surface area (Å²) in [6.45, 7) is 0. The van der Waals surface area contributed by atoms with Gasteiger partial charge in [-0.1, -0.05) is 231 Å². The van der Waals surface area contributed by atoms with E-state index in [0.717, 1.165) is 62.1 Å². The third kappa shape index (κ3) is 7.64. The third-order valence-electron chi connectivity index (χ3n) is 26.2. The van der Waals surface area contributed by atoms with E-state index in [0.29, 0.717) is 0 Å². The summed E-state index contributed by atoms with van der Waals surface area (Å²) in [5.41, 5.74) is 30.6. The van der Waals surface area contributed by atoms with Gasteiger partial charge in [0.25, 0.3) is 0 Å². The molecule has 8 heteroatoms. The van der Waals surface area contributed by atoms with Crippen molar-refractivity contribution < 1.29 is 0 Å². The molecule has 0 bridgehead atoms. The Labute approximate surface area is 660 Å². The maximum atomic E-state index is 2.62. The Balaban J connectivity index is 0.650. The summed E-state index contributed by atoms with van der Waals surface area (Å²) in [6.07, 6.45) is 0. The van der Waals surface area contributed by atoms with Crippen LogP contribution in [0, 0.1) is 0 Å². The lowest BCUT2D eigenvalue weighted by molar-refractivity contribution is 1.18. The van der Waals surface area contributed by atoms with Gasteiger partial charge in [0.05, 0.1) is 99.6 Å². The number of rotatable bonds is 9. The first-order valence-corrected chi connectivity index (χ1v) is 40.2. The predicted octanol–water partition coefficient (Wildman–Crippen LogP) is 29.1. The van der Waals surface area contributed by atoms with E-state index < -0.39 is 0 Å². The smallest absolute Gasteiger partial charge is 0.0789 e. The molecule has 0 saturated heterocycles. The van der Waals surface area contributed by atoms with Crippen molar-refractivity contribution in [1.29, 1.82) is 0 Å². The zero-order chi connectivity index (χ0) is 75.0. The maximum absolute atomic E-state index is 2.62. The number of anilines is 6. The molecule has 0 aliphatic rings. The highest BCUT2D eigenvalue weighted by atomic mass is 15.2. The summed E-state index contributed by atoms with van der Waals surface area (Å²) in [7, 11) is 0. The van der Waals surface area contributed by atoms with E-state index in [2.05, 4.69) is 413 Å². The molecule has 28 rings (SSSR count). The average molecular weight is 1470 g/mol. The number of benzene rings is 18. The summed E-state index contributed by atoms with van der Waals surface area (Å²) in [6, 6.07) is 141. The minimum absolute atomic E-state index is 1.07. The van der Waals surface area contributed by atoms with Gasteiger partial charge in [-0.25, -0.2) is 0 Å². The molecule has 0 unspecified atom stereocenters. The minimum atomic E-state index is 1.07. The lowest BCUT2D eigenvalue weighted by atomic mass is 9.99. The fourth-order valence-electron chi connectivity index (χ4n) is 21.8. The molecule has 0 aliphatic carbocycles. The van der Waals surface area contributed by atoms with Gasteiger partial charge in [0.1, 0.15) is 0 Å². The van der Waals surface area contributed by atoms with E-state index in [-0.39, 0.29) is 0 Å². The standard InChI is InChI=1S/C108H62N8/c1-6-28-65(29-7-1)109(66-30-8-2-9-31-66)90-55-53-80-98-95(114-86-45-22-17-40-75(86)99(90)103(80)114)61-83-74-52-51-73-72-50-49-64(58-92(72)112(69-36-14-5-15-37-69)107(73)108(74)116-89-48-25-20-43-78(89)102(98)106(83)116)63-27-26-38-70(57-63)110(67-32-10-3-11-33-67)91-56-54-79-97-96(115-87-46-23-18-41-76(87)100(91)104(79)115)62-84-82-60-93-81(59-94(82)113-88-47-24-19-42-77(88)101(97)105(84)113)71-39-16-21-44-85(71)111(93)68-34-12-4-13-35-68/h1-62H. The molecular formula is C108H62N8. The van der Waals surface area contributed by atoms with Crippen LogP contribution >= 0.6 is 0 Å². The van der Waals surface area contributed by atoms with E-state index in [1.54, 1.807) is 0 Å². The molecule has 0 spiro atoms. The highest BCUT2D eigenvalue weighted by Gasteiger charge is 2.33. The van der Waals surface area contributed by atoms with E-state index in [4.69, 9.17) is 0 Å². The van der Waals surface area contributed by atoms with Crippen molar-refractivity contribution >= 4 is 230 Å². The van der Waals surface area contributed by atoms with Crippen molar-refractivity contribution in [2.75, 3.05) is 9.80 Å². The van der Waals surface area contributed by atoms with Gasteiger partial charge < -0.3 is 36.5 Å². The summed E-state index contributed by atoms with van der Waals surface area (Å²) >= 11 is 0. The molecule has 10 heterocycles. The van der Waals surface area contributed by atoms with Gasteiger partial charge in [-0.2, -0.15) is 0 Å². The second kappa shape index (κ2) is 22.1. The van der Waals surface area contributed by atoms with Gasteiger partial charge in [-0.15, -0.1) is 0 Å². The van der Waals surface area contributed by atoms with Crippen LogP contribution in [0.1, 0.15) is 0 Å². The zero-order valence-corrected chi connectivity index (χ0v) is 62.4. The Morgan fingerprint density at radius 1 is 0.155 bits per heavy atom. The molecule has 0 atom stereocenters. The molecule has 0 saturated carbocycles. The van der Waals surface area contributed by atoms with Crippen LogP contribution in [-0.4, -0.2) is 26.7 Å². The molecule has 0 amide bonds. The lowest BCUT2D eigenvalue weighted by Crippen LogP contribution is -2.10. The molecule has 10 aromatic heterocycles. The van der Waals surface area contributed by atoms with Gasteiger partial charge in [-0.05, 0) is 157 Å². The molecule has 534 valence electrons. The highest BCUT2D eigenvalue weighted by Crippen LogP contribution is 2.56. The van der Waals surface area contributed by atoms with Crippen molar-refractivity contribution in [3.8, 4) is 22.5 Å². The lowest BCUT2D eigenvalue weighted by Gasteiger charge is -2.27. The minimum Gasteiger partial charge on any atom is -0.310 e. The van der Waals surface area contributed by atoms with E-state index in [1.165, 1.54) is 190 Å². The Kier molecular flexibility index (Phi) is 11.7. The monoisotopic (exact) mass is 1470 g/mol. The van der Waals surface area contributed by atoms with Crippen LogP contribution in [0.2, 0.25) is 0 Å². The molecular weight excluding hydrogens is 1410 g/mol. The molecule has 0 fully saturated rings. The van der Waals surface area contributed by atoms with E-state index in [9.17, 15) is 0 Å². The van der Waals surface area contributed by atoms with Crippen LogP contribution in [-0.2, 0) is 0 Å². The molecule has 116 heavy (non-hydrogen) atoms. The van der Waals surface area contributed by atoms with Crippen molar-refractivity contribution in [3.05, 3.63) is 376 Å². The fraction of sp³-hybridized carbons (Fsp3) is 0. The van der Waals surface area contributed by atoms with Gasteiger partial charge in [0.15, 0.2) is 0 Å². The Bertz CT molecular complexity index is 9040. The predicted molar refractivity (Wildman–Crippen MR) is 489 cm³/mol. The molecule has 18 aromatic carbocycles. The zero-order valence-electron chi connectivity index (χ0n) is 62.4. The van der Waals surface area contributed by atoms with Crippen LogP contribution in [0.15, 0.2) is 376 Å². The Morgan fingerprint density at radius 2 is 0.509 bits per heavy atom. The number of hydrogen-bond acceptors (Lipinski definition) is 2. The maximum Gasteiger partial charge on any atom is 0.0789 e. The molecule has 0 aliphatic heterocycles. The van der Waals surface area contributed by atoms with Crippen LogP contribution in [0.25, 0.3) is 218 Å². The third-order valence-corrected chi connectivity index (χ3v) is 26.2. The summed E-state index contributed by atoms with van der Waals surface area (Å²) in [5.74, 6) is 0. The van der Waals surface area contributed by atoms with Gasteiger partial charge in [-0.3, -0.25) is 0 Å². The van der Waals surface area contributed by atoms with Crippen LogP contribution in [0.3, 0.4) is 0 Å². The van der Waals surface area contributed by atoms with Gasteiger partial charge in [0, 0.05) is 142 Å². The van der Waals surface area contributed by atoms with Gasteiger partial charge >= 0.3 is 0 Å². The first-order valence-electron chi connectivity index (χ1n) is 40.2. The summed E-state index contributed by atoms with van der Waals surface area (Å²) < 4.78 is 15.4. The van der Waals surface area contributed by atoms with Crippen LogP contribution in [0.5, 0.6) is 0 Å². The first-order chi connectivity index (χ1) is 57.6. The van der Waals surface area contributed by atoms with Crippen LogP contribution < -0.4 is 9.80 Å². The average Bonchev–Trinajstić information content (AvgIpc) is 1.50. The quantitative estimate of drug-likeness (QED) is 0.144. The SMILES string of the molecule is c1ccc(N(c2cccc(-c3ccc4c5ccc6c7cc8c(c9ccc(N(c%10ccccc%10)c%10ccccc%10)c%10c%11ccccc%11n8c9%10)c8c9ccccc9n(c78)c6c5n(-c5ccccc5)c4c3)c2)c2ccc3c4c5c6ccccc6n6c7cc8c9ccccc9n(-c9ccccc9)c8cc7c(cc4n4c7ccccc7c2c34)c56)cc1. The van der Waals surface area contributed by atoms with E-state index >= 15 is 0 Å². The number of fused-ring (bicyclic) bond motifs is 33. The molecule has 28 aromatic rings. The number of nitrogens with zero attached hydrogens (tertiary/aromatic N) is 8. The Hall–Kier alpha value is -15.6. The highest BCUT2D eigenvalue weighted by molar-refractivity contribution is 6.42. The Morgan fingerprint density at radius 3 is 1.06 bits per heavy atom. The van der Waals surface area contributed by atoms with Crippen molar-refractivity contribution in [2.45, 2.75) is 0 Å². The van der Waals surface area contributed by atoms with Gasteiger partial charge in [0.2, 0.25) is 0 Å². The summed E-state index contributed by atoms with van der Waals surface area (Å²) in [5, 5.41) is 24.9. The topological polar surface area (TPSA) is 34.0 Å². The fourth-order valence-corrected chi connectivity index (χ4v) is 21.8. The first kappa shape index (κ1) is 61.1.